The van der Waals surface area contributed by atoms with Gasteiger partial charge in [-0.1, -0.05) is 48.0 Å². The summed E-state index contributed by atoms with van der Waals surface area (Å²) < 4.78 is 7.33. The Morgan fingerprint density at radius 1 is 1.06 bits per heavy atom. The first-order valence-electron chi connectivity index (χ1n) is 10.5. The number of morpholine rings is 1. The molecule has 31 heavy (non-hydrogen) atoms. The minimum absolute atomic E-state index is 0.00759. The van der Waals surface area contributed by atoms with Gasteiger partial charge in [0.25, 0.3) is 0 Å². The van der Waals surface area contributed by atoms with E-state index in [9.17, 15) is 9.59 Å². The number of carbonyl (C=O) groups is 2. The smallest absolute Gasteiger partial charge is 0.242 e. The van der Waals surface area contributed by atoms with Crippen molar-refractivity contribution < 1.29 is 14.3 Å². The Morgan fingerprint density at radius 3 is 2.58 bits per heavy atom. The summed E-state index contributed by atoms with van der Waals surface area (Å²) in [4.78, 5) is 27.9. The van der Waals surface area contributed by atoms with E-state index in [-0.39, 0.29) is 11.8 Å². The summed E-state index contributed by atoms with van der Waals surface area (Å²) in [5.74, 6) is 0.417. The zero-order chi connectivity index (χ0) is 21.6. The monoisotopic (exact) mass is 437 g/mol. The first-order chi connectivity index (χ1) is 15.1. The molecule has 0 spiro atoms. The number of benzene rings is 2. The van der Waals surface area contributed by atoms with Crippen LogP contribution in [0.5, 0.6) is 0 Å². The number of amides is 2. The third kappa shape index (κ3) is 5.48. The number of nitrogens with zero attached hydrogens (tertiary/aromatic N) is 2. The second-order valence-electron chi connectivity index (χ2n) is 7.68. The van der Waals surface area contributed by atoms with E-state index >= 15 is 0 Å². The SMILES string of the molecule is Cc1ccc(CNC(=O)CSc2cn(CC(=O)N3CCOCC3)c3ccccc23)cc1. The standard InChI is InChI=1S/C24H27N3O3S/c1-18-6-8-19(9-7-18)14-25-23(28)17-31-22-15-27(21-5-3-2-4-20(21)22)16-24(29)26-10-12-30-13-11-26/h2-9,15H,10-14,16-17H2,1H3,(H,25,28). The maximum Gasteiger partial charge on any atom is 0.242 e. The van der Waals surface area contributed by atoms with Crippen LogP contribution < -0.4 is 5.32 Å². The van der Waals surface area contributed by atoms with Gasteiger partial charge in [0.15, 0.2) is 0 Å². The fraction of sp³-hybridized carbons (Fsp3) is 0.333. The minimum atomic E-state index is -0.00759. The number of ether oxygens (including phenoxy) is 1. The van der Waals surface area contributed by atoms with Crippen molar-refractivity contribution in [1.82, 2.24) is 14.8 Å². The van der Waals surface area contributed by atoms with E-state index in [1.165, 1.54) is 17.3 Å². The average Bonchev–Trinajstić information content (AvgIpc) is 3.15. The van der Waals surface area contributed by atoms with Crippen LogP contribution in [0.1, 0.15) is 11.1 Å². The van der Waals surface area contributed by atoms with Crippen LogP contribution in [0.4, 0.5) is 0 Å². The Kier molecular flexibility index (Phi) is 6.94. The number of carbonyl (C=O) groups excluding carboxylic acids is 2. The molecule has 1 aromatic heterocycles. The molecule has 1 aliphatic rings. The van der Waals surface area contributed by atoms with Crippen molar-refractivity contribution in [1.29, 1.82) is 0 Å². The fourth-order valence-corrected chi connectivity index (χ4v) is 4.54. The summed E-state index contributed by atoms with van der Waals surface area (Å²) >= 11 is 1.50. The van der Waals surface area contributed by atoms with Crippen molar-refractivity contribution in [3.63, 3.8) is 0 Å². The molecule has 4 rings (SSSR count). The maximum absolute atomic E-state index is 12.7. The molecular weight excluding hydrogens is 410 g/mol. The molecule has 0 bridgehead atoms. The molecule has 1 aliphatic heterocycles. The van der Waals surface area contributed by atoms with E-state index < -0.39 is 0 Å². The Bertz CT molecular complexity index is 1060. The van der Waals surface area contributed by atoms with Crippen LogP contribution in [0.15, 0.2) is 59.6 Å². The molecule has 3 aromatic rings. The maximum atomic E-state index is 12.7. The predicted molar refractivity (Wildman–Crippen MR) is 123 cm³/mol. The molecule has 0 unspecified atom stereocenters. The van der Waals surface area contributed by atoms with Crippen LogP contribution in [0, 0.1) is 6.92 Å². The summed E-state index contributed by atoms with van der Waals surface area (Å²) in [5, 5.41) is 4.04. The lowest BCUT2D eigenvalue weighted by Gasteiger charge is -2.27. The highest BCUT2D eigenvalue weighted by Crippen LogP contribution is 2.30. The lowest BCUT2D eigenvalue weighted by molar-refractivity contribution is -0.135. The largest absolute Gasteiger partial charge is 0.378 e. The van der Waals surface area contributed by atoms with Crippen molar-refractivity contribution in [3.05, 3.63) is 65.9 Å². The average molecular weight is 438 g/mol. The Balaban J connectivity index is 1.38. The first kappa shape index (κ1) is 21.5. The molecule has 1 N–H and O–H groups in total. The number of rotatable bonds is 7. The Morgan fingerprint density at radius 2 is 1.81 bits per heavy atom. The number of aryl methyl sites for hydroxylation is 1. The van der Waals surface area contributed by atoms with Gasteiger partial charge in [-0.25, -0.2) is 0 Å². The number of thioether (sulfide) groups is 1. The van der Waals surface area contributed by atoms with Crippen LogP contribution in [0.3, 0.4) is 0 Å². The van der Waals surface area contributed by atoms with Gasteiger partial charge in [-0.3, -0.25) is 9.59 Å². The van der Waals surface area contributed by atoms with Crippen LogP contribution >= 0.6 is 11.8 Å². The number of hydrogen-bond acceptors (Lipinski definition) is 4. The summed E-state index contributed by atoms with van der Waals surface area (Å²) in [6.45, 7) is 5.33. The summed E-state index contributed by atoms with van der Waals surface area (Å²) in [7, 11) is 0. The number of para-hydroxylation sites is 1. The topological polar surface area (TPSA) is 63.6 Å². The quantitative estimate of drug-likeness (QED) is 0.577. The van der Waals surface area contributed by atoms with Crippen LogP contribution in [-0.4, -0.2) is 53.3 Å². The zero-order valence-corrected chi connectivity index (χ0v) is 18.5. The molecule has 0 radical (unpaired) electrons. The Hall–Kier alpha value is -2.77. The molecule has 1 fully saturated rings. The van der Waals surface area contributed by atoms with E-state index in [1.54, 1.807) is 0 Å². The van der Waals surface area contributed by atoms with Gasteiger partial charge < -0.3 is 19.5 Å². The van der Waals surface area contributed by atoms with Crippen molar-refractivity contribution in [2.24, 2.45) is 0 Å². The predicted octanol–water partition coefficient (Wildman–Crippen LogP) is 3.22. The summed E-state index contributed by atoms with van der Waals surface area (Å²) in [6, 6.07) is 16.2. The van der Waals surface area contributed by atoms with Crippen molar-refractivity contribution in [2.45, 2.75) is 24.9 Å². The summed E-state index contributed by atoms with van der Waals surface area (Å²) in [5.41, 5.74) is 3.29. The second-order valence-corrected chi connectivity index (χ2v) is 8.70. The van der Waals surface area contributed by atoms with Gasteiger partial charge >= 0.3 is 0 Å². The fourth-order valence-electron chi connectivity index (χ4n) is 3.62. The van der Waals surface area contributed by atoms with Gasteiger partial charge in [0, 0.05) is 41.6 Å². The van der Waals surface area contributed by atoms with E-state index in [0.29, 0.717) is 45.1 Å². The minimum Gasteiger partial charge on any atom is -0.378 e. The first-order valence-corrected chi connectivity index (χ1v) is 11.5. The summed E-state index contributed by atoms with van der Waals surface area (Å²) in [6.07, 6.45) is 1.99. The highest BCUT2D eigenvalue weighted by Gasteiger charge is 2.19. The normalized spacial score (nSPS) is 14.0. The molecule has 1 saturated heterocycles. The van der Waals surface area contributed by atoms with Crippen molar-refractivity contribution >= 4 is 34.5 Å². The van der Waals surface area contributed by atoms with Crippen LogP contribution in [0.25, 0.3) is 10.9 Å². The van der Waals surface area contributed by atoms with Gasteiger partial charge in [0.05, 0.1) is 19.0 Å². The number of hydrogen-bond donors (Lipinski definition) is 1. The van der Waals surface area contributed by atoms with Gasteiger partial charge in [0.2, 0.25) is 11.8 Å². The molecule has 7 heteroatoms. The third-order valence-electron chi connectivity index (χ3n) is 5.39. The number of nitrogens with one attached hydrogen (secondary N) is 1. The van der Waals surface area contributed by atoms with Crippen molar-refractivity contribution in [2.75, 3.05) is 32.1 Å². The molecule has 2 amide bonds. The van der Waals surface area contributed by atoms with E-state index in [0.717, 1.165) is 21.4 Å². The van der Waals surface area contributed by atoms with E-state index in [4.69, 9.17) is 4.74 Å². The number of fused-ring (bicyclic) bond motifs is 1. The zero-order valence-electron chi connectivity index (χ0n) is 17.7. The van der Waals surface area contributed by atoms with E-state index in [2.05, 4.69) is 5.32 Å². The van der Waals surface area contributed by atoms with Gasteiger partial charge in [0.1, 0.15) is 6.54 Å². The molecule has 2 heterocycles. The molecule has 6 nitrogen and oxygen atoms in total. The molecule has 0 aliphatic carbocycles. The molecule has 0 atom stereocenters. The highest BCUT2D eigenvalue weighted by molar-refractivity contribution is 8.00. The van der Waals surface area contributed by atoms with Crippen LogP contribution in [-0.2, 0) is 27.4 Å². The molecule has 162 valence electrons. The number of aromatic nitrogens is 1. The third-order valence-corrected chi connectivity index (χ3v) is 6.43. The molecule has 0 saturated carbocycles. The molecular formula is C24H27N3O3S. The highest BCUT2D eigenvalue weighted by atomic mass is 32.2. The Labute approximate surface area is 186 Å². The lowest BCUT2D eigenvalue weighted by Crippen LogP contribution is -2.42. The van der Waals surface area contributed by atoms with Gasteiger partial charge in [-0.15, -0.1) is 11.8 Å². The van der Waals surface area contributed by atoms with Gasteiger partial charge in [-0.2, -0.15) is 0 Å². The van der Waals surface area contributed by atoms with Gasteiger partial charge in [-0.05, 0) is 18.6 Å². The van der Waals surface area contributed by atoms with Crippen molar-refractivity contribution in [3.8, 4) is 0 Å². The molecule has 2 aromatic carbocycles. The van der Waals surface area contributed by atoms with E-state index in [1.807, 2.05) is 71.1 Å². The van der Waals surface area contributed by atoms with Crippen LogP contribution in [0.2, 0.25) is 0 Å². The second kappa shape index (κ2) is 10.0. The lowest BCUT2D eigenvalue weighted by atomic mass is 10.1.